The first-order chi connectivity index (χ1) is 12.9. The molecule has 0 aliphatic rings. The number of nitrogens with zero attached hydrogens (tertiary/aromatic N) is 1. The third-order valence-corrected chi connectivity index (χ3v) is 4.74. The van der Waals surface area contributed by atoms with Gasteiger partial charge in [0, 0.05) is 17.6 Å². The number of methoxy groups -OCH3 is 1. The number of hydrogen-bond donors (Lipinski definition) is 1. The standard InChI is InChI=1S/C23H26N2O2/c1-14(2)11-21-19(13-24)22(16-7-5-15(3)6-8-16)18-12-17(23(26)27-4)9-10-20(18)25-21/h5-10,12,14H,11,13,24H2,1-4H3. The summed E-state index contributed by atoms with van der Waals surface area (Å²) in [7, 11) is 1.39. The van der Waals surface area contributed by atoms with Crippen LogP contribution in [-0.2, 0) is 17.7 Å². The molecule has 0 aliphatic carbocycles. The third-order valence-electron chi connectivity index (χ3n) is 4.74. The molecule has 0 fully saturated rings. The Kier molecular flexibility index (Phi) is 5.57. The van der Waals surface area contributed by atoms with Crippen molar-refractivity contribution in [3.63, 3.8) is 0 Å². The van der Waals surface area contributed by atoms with Crippen molar-refractivity contribution in [2.45, 2.75) is 33.7 Å². The molecule has 0 saturated carbocycles. The lowest BCUT2D eigenvalue weighted by molar-refractivity contribution is 0.0601. The Morgan fingerprint density at radius 2 is 1.85 bits per heavy atom. The van der Waals surface area contributed by atoms with Gasteiger partial charge in [0.2, 0.25) is 0 Å². The van der Waals surface area contributed by atoms with Gasteiger partial charge >= 0.3 is 5.97 Å². The summed E-state index contributed by atoms with van der Waals surface area (Å²) < 4.78 is 4.90. The molecule has 0 radical (unpaired) electrons. The van der Waals surface area contributed by atoms with E-state index >= 15 is 0 Å². The highest BCUT2D eigenvalue weighted by atomic mass is 16.5. The van der Waals surface area contributed by atoms with Crippen LogP contribution in [0.3, 0.4) is 0 Å². The lowest BCUT2D eigenvalue weighted by Gasteiger charge is -2.18. The predicted octanol–water partition coefficient (Wildman–Crippen LogP) is 4.65. The van der Waals surface area contributed by atoms with Crippen molar-refractivity contribution in [1.82, 2.24) is 4.98 Å². The van der Waals surface area contributed by atoms with E-state index in [1.807, 2.05) is 12.1 Å². The van der Waals surface area contributed by atoms with Gasteiger partial charge in [-0.2, -0.15) is 0 Å². The molecule has 27 heavy (non-hydrogen) atoms. The first-order valence-electron chi connectivity index (χ1n) is 9.25. The Bertz CT molecular complexity index is 976. The van der Waals surface area contributed by atoms with Gasteiger partial charge in [-0.3, -0.25) is 4.98 Å². The molecule has 0 bridgehead atoms. The number of benzene rings is 2. The van der Waals surface area contributed by atoms with Gasteiger partial charge in [-0.25, -0.2) is 4.79 Å². The summed E-state index contributed by atoms with van der Waals surface area (Å²) in [4.78, 5) is 16.9. The minimum atomic E-state index is -0.354. The lowest BCUT2D eigenvalue weighted by Crippen LogP contribution is -2.10. The Hall–Kier alpha value is -2.72. The highest BCUT2D eigenvalue weighted by molar-refractivity contribution is 6.01. The number of hydrogen-bond acceptors (Lipinski definition) is 4. The van der Waals surface area contributed by atoms with Crippen LogP contribution in [0.1, 0.15) is 41.0 Å². The predicted molar refractivity (Wildman–Crippen MR) is 110 cm³/mol. The number of nitrogens with two attached hydrogens (primary N) is 1. The van der Waals surface area contributed by atoms with Crippen molar-refractivity contribution < 1.29 is 9.53 Å². The van der Waals surface area contributed by atoms with E-state index in [4.69, 9.17) is 15.5 Å². The van der Waals surface area contributed by atoms with Crippen LogP contribution in [-0.4, -0.2) is 18.1 Å². The van der Waals surface area contributed by atoms with Gasteiger partial charge in [-0.15, -0.1) is 0 Å². The first-order valence-corrected chi connectivity index (χ1v) is 9.25. The minimum Gasteiger partial charge on any atom is -0.465 e. The van der Waals surface area contributed by atoms with Crippen LogP contribution in [0, 0.1) is 12.8 Å². The van der Waals surface area contributed by atoms with Crippen molar-refractivity contribution in [3.05, 3.63) is 64.8 Å². The molecule has 2 aromatic carbocycles. The fourth-order valence-electron chi connectivity index (χ4n) is 3.42. The smallest absolute Gasteiger partial charge is 0.337 e. The molecule has 0 spiro atoms. The SMILES string of the molecule is COC(=O)c1ccc2nc(CC(C)C)c(CN)c(-c3ccc(C)cc3)c2c1. The highest BCUT2D eigenvalue weighted by Crippen LogP contribution is 2.34. The first kappa shape index (κ1) is 19.1. The molecule has 0 unspecified atom stereocenters. The number of pyridine rings is 1. The number of aromatic nitrogens is 1. The van der Waals surface area contributed by atoms with Crippen LogP contribution in [0.25, 0.3) is 22.0 Å². The largest absolute Gasteiger partial charge is 0.465 e. The molecular weight excluding hydrogens is 336 g/mol. The van der Waals surface area contributed by atoms with E-state index < -0.39 is 0 Å². The van der Waals surface area contributed by atoms with Crippen LogP contribution in [0.4, 0.5) is 0 Å². The quantitative estimate of drug-likeness (QED) is 0.671. The highest BCUT2D eigenvalue weighted by Gasteiger charge is 2.18. The minimum absolute atomic E-state index is 0.354. The molecule has 1 aromatic heterocycles. The Morgan fingerprint density at radius 3 is 2.44 bits per heavy atom. The summed E-state index contributed by atoms with van der Waals surface area (Å²) >= 11 is 0. The normalized spacial score (nSPS) is 11.2. The zero-order valence-corrected chi connectivity index (χ0v) is 16.4. The molecule has 4 heteroatoms. The van der Waals surface area contributed by atoms with Gasteiger partial charge in [-0.05, 0) is 54.2 Å². The fraction of sp³-hybridized carbons (Fsp3) is 0.304. The summed E-state index contributed by atoms with van der Waals surface area (Å²) in [6.45, 7) is 6.82. The average molecular weight is 362 g/mol. The maximum atomic E-state index is 12.0. The zero-order valence-electron chi connectivity index (χ0n) is 16.4. The Balaban J connectivity index is 2.36. The Labute approximate surface area is 160 Å². The van der Waals surface area contributed by atoms with Crippen LogP contribution in [0.15, 0.2) is 42.5 Å². The number of aryl methyl sites for hydroxylation is 1. The van der Waals surface area contributed by atoms with E-state index in [2.05, 4.69) is 45.0 Å². The fourth-order valence-corrected chi connectivity index (χ4v) is 3.42. The van der Waals surface area contributed by atoms with Gasteiger partial charge in [0.15, 0.2) is 0 Å². The molecule has 1 heterocycles. The van der Waals surface area contributed by atoms with Gasteiger partial charge < -0.3 is 10.5 Å². The van der Waals surface area contributed by atoms with E-state index in [1.165, 1.54) is 12.7 Å². The molecule has 0 amide bonds. The number of esters is 1. The number of carbonyl (C=O) groups is 1. The second-order valence-electron chi connectivity index (χ2n) is 7.30. The maximum Gasteiger partial charge on any atom is 0.337 e. The van der Waals surface area contributed by atoms with Crippen molar-refractivity contribution in [2.24, 2.45) is 11.7 Å². The molecule has 2 N–H and O–H groups in total. The number of ether oxygens (including phenoxy) is 1. The van der Waals surface area contributed by atoms with Gasteiger partial charge in [0.05, 0.1) is 18.2 Å². The molecule has 0 saturated heterocycles. The second-order valence-corrected chi connectivity index (χ2v) is 7.30. The Morgan fingerprint density at radius 1 is 1.15 bits per heavy atom. The van der Waals surface area contributed by atoms with E-state index in [-0.39, 0.29) is 5.97 Å². The summed E-state index contributed by atoms with van der Waals surface area (Å²) in [6.07, 6.45) is 0.861. The van der Waals surface area contributed by atoms with E-state index in [9.17, 15) is 4.79 Å². The van der Waals surface area contributed by atoms with Crippen molar-refractivity contribution in [2.75, 3.05) is 7.11 Å². The third kappa shape index (κ3) is 3.86. The molecule has 3 aromatic rings. The van der Waals surface area contributed by atoms with Crippen molar-refractivity contribution in [1.29, 1.82) is 0 Å². The molecular formula is C23H26N2O2. The summed E-state index contributed by atoms with van der Waals surface area (Å²) in [5, 5.41) is 0.926. The number of carbonyl (C=O) groups excluding carboxylic acids is 1. The monoisotopic (exact) mass is 362 g/mol. The van der Waals surface area contributed by atoms with Crippen LogP contribution in [0.2, 0.25) is 0 Å². The van der Waals surface area contributed by atoms with Gasteiger partial charge in [-0.1, -0.05) is 43.7 Å². The van der Waals surface area contributed by atoms with Gasteiger partial charge in [0.25, 0.3) is 0 Å². The molecule has 0 aliphatic heterocycles. The lowest BCUT2D eigenvalue weighted by atomic mass is 9.90. The number of rotatable bonds is 5. The van der Waals surface area contributed by atoms with Gasteiger partial charge in [0.1, 0.15) is 0 Å². The van der Waals surface area contributed by atoms with Crippen LogP contribution >= 0.6 is 0 Å². The zero-order chi connectivity index (χ0) is 19.6. The van der Waals surface area contributed by atoms with E-state index in [1.54, 1.807) is 6.07 Å². The van der Waals surface area contributed by atoms with E-state index in [0.717, 1.165) is 39.7 Å². The maximum absolute atomic E-state index is 12.0. The van der Waals surface area contributed by atoms with Crippen molar-refractivity contribution >= 4 is 16.9 Å². The summed E-state index contributed by atoms with van der Waals surface area (Å²) in [5.41, 5.74) is 13.0. The topological polar surface area (TPSA) is 65.2 Å². The van der Waals surface area contributed by atoms with Crippen molar-refractivity contribution in [3.8, 4) is 11.1 Å². The van der Waals surface area contributed by atoms with Crippen LogP contribution < -0.4 is 5.73 Å². The second kappa shape index (κ2) is 7.89. The number of fused-ring (bicyclic) bond motifs is 1. The molecule has 0 atom stereocenters. The molecule has 140 valence electrons. The van der Waals surface area contributed by atoms with E-state index in [0.29, 0.717) is 18.0 Å². The molecule has 3 rings (SSSR count). The summed E-state index contributed by atoms with van der Waals surface area (Å²) in [5.74, 6) is 0.118. The summed E-state index contributed by atoms with van der Waals surface area (Å²) in [6, 6.07) is 13.9. The van der Waals surface area contributed by atoms with Crippen LogP contribution in [0.5, 0.6) is 0 Å². The average Bonchev–Trinajstić information content (AvgIpc) is 2.66. The molecule has 4 nitrogen and oxygen atoms in total.